The molecule has 3 rings (SSSR count). The Kier molecular flexibility index (Phi) is 2.87. The Hall–Kier alpha value is -2.88. The third kappa shape index (κ3) is 2.31. The smallest absolute Gasteiger partial charge is 0.282 e. The van der Waals surface area contributed by atoms with Crippen molar-refractivity contribution in [1.82, 2.24) is 14.6 Å². The van der Waals surface area contributed by atoms with E-state index < -0.39 is 11.7 Å². The van der Waals surface area contributed by atoms with Crippen molar-refractivity contribution in [2.24, 2.45) is 0 Å². The molecule has 104 valence electrons. The molecule has 0 N–H and O–H groups in total. The quantitative estimate of drug-likeness (QED) is 0.690. The second-order valence-electron chi connectivity index (χ2n) is 4.35. The molecule has 2 aromatic heterocycles. The van der Waals surface area contributed by atoms with Gasteiger partial charge < -0.3 is 0 Å². The molecule has 2 heterocycles. The number of alkyl halides is 3. The Bertz CT molecular complexity index is 841. The van der Waals surface area contributed by atoms with Crippen LogP contribution in [0.4, 0.5) is 13.2 Å². The lowest BCUT2D eigenvalue weighted by Gasteiger charge is -2.06. The fourth-order valence-corrected chi connectivity index (χ4v) is 1.97. The van der Waals surface area contributed by atoms with E-state index in [2.05, 4.69) is 10.2 Å². The van der Waals surface area contributed by atoms with Crippen molar-refractivity contribution in [2.45, 2.75) is 6.18 Å². The van der Waals surface area contributed by atoms with Crippen LogP contribution in [0.25, 0.3) is 17.0 Å². The highest BCUT2D eigenvalue weighted by Crippen LogP contribution is 2.30. The molecule has 0 unspecified atom stereocenters. The fourth-order valence-electron chi connectivity index (χ4n) is 1.97. The highest BCUT2D eigenvalue weighted by Gasteiger charge is 2.30. The molecule has 0 aliphatic rings. The molecule has 0 spiro atoms. The van der Waals surface area contributed by atoms with E-state index in [1.807, 2.05) is 6.07 Å². The van der Waals surface area contributed by atoms with Gasteiger partial charge in [0.15, 0.2) is 11.5 Å². The summed E-state index contributed by atoms with van der Waals surface area (Å²) < 4.78 is 39.2. The van der Waals surface area contributed by atoms with E-state index in [4.69, 9.17) is 5.26 Å². The normalized spacial score (nSPS) is 11.5. The topological polar surface area (TPSA) is 54.0 Å². The third-order valence-electron chi connectivity index (χ3n) is 3.01. The molecular weight excluding hydrogens is 281 g/mol. The SMILES string of the molecule is N#Cc1ccn2c(-c3ccc(C(F)(F)F)cc3)nnc2c1. The van der Waals surface area contributed by atoms with Gasteiger partial charge in [-0.3, -0.25) is 4.40 Å². The maximum absolute atomic E-state index is 12.5. The first-order chi connectivity index (χ1) is 9.99. The summed E-state index contributed by atoms with van der Waals surface area (Å²) in [7, 11) is 0. The van der Waals surface area contributed by atoms with Crippen LogP contribution >= 0.6 is 0 Å². The molecule has 0 fully saturated rings. The molecule has 0 saturated carbocycles. The summed E-state index contributed by atoms with van der Waals surface area (Å²) in [5, 5.41) is 16.7. The molecule has 7 heteroatoms. The Morgan fingerprint density at radius 2 is 1.76 bits per heavy atom. The second-order valence-corrected chi connectivity index (χ2v) is 4.35. The van der Waals surface area contributed by atoms with E-state index in [0.717, 1.165) is 12.1 Å². The average molecular weight is 288 g/mol. The molecule has 4 nitrogen and oxygen atoms in total. The van der Waals surface area contributed by atoms with Crippen LogP contribution in [-0.4, -0.2) is 14.6 Å². The monoisotopic (exact) mass is 288 g/mol. The van der Waals surface area contributed by atoms with E-state index >= 15 is 0 Å². The fraction of sp³-hybridized carbons (Fsp3) is 0.0714. The van der Waals surface area contributed by atoms with Gasteiger partial charge in [0, 0.05) is 17.8 Å². The van der Waals surface area contributed by atoms with Crippen molar-refractivity contribution < 1.29 is 13.2 Å². The number of rotatable bonds is 1. The van der Waals surface area contributed by atoms with Gasteiger partial charge in [0.2, 0.25) is 0 Å². The van der Waals surface area contributed by atoms with Crippen molar-refractivity contribution in [3.8, 4) is 17.5 Å². The van der Waals surface area contributed by atoms with Crippen LogP contribution in [-0.2, 0) is 6.18 Å². The summed E-state index contributed by atoms with van der Waals surface area (Å²) in [4.78, 5) is 0. The summed E-state index contributed by atoms with van der Waals surface area (Å²) in [6, 6.07) is 9.82. The van der Waals surface area contributed by atoms with E-state index in [1.54, 1.807) is 22.7 Å². The first-order valence-corrected chi connectivity index (χ1v) is 5.91. The van der Waals surface area contributed by atoms with Gasteiger partial charge in [0.05, 0.1) is 17.2 Å². The van der Waals surface area contributed by atoms with Crippen molar-refractivity contribution in [3.05, 3.63) is 53.7 Å². The van der Waals surface area contributed by atoms with E-state index in [9.17, 15) is 13.2 Å². The zero-order valence-electron chi connectivity index (χ0n) is 10.5. The lowest BCUT2D eigenvalue weighted by molar-refractivity contribution is -0.137. The molecular formula is C14H7F3N4. The molecule has 1 aromatic carbocycles. The summed E-state index contributed by atoms with van der Waals surface area (Å²) in [6.07, 6.45) is -2.76. The predicted octanol–water partition coefficient (Wildman–Crippen LogP) is 3.29. The Morgan fingerprint density at radius 3 is 2.38 bits per heavy atom. The number of fused-ring (bicyclic) bond motifs is 1. The van der Waals surface area contributed by atoms with Gasteiger partial charge >= 0.3 is 6.18 Å². The molecule has 0 aliphatic carbocycles. The van der Waals surface area contributed by atoms with Crippen LogP contribution in [0.2, 0.25) is 0 Å². The first-order valence-electron chi connectivity index (χ1n) is 5.91. The Balaban J connectivity index is 2.07. The molecule has 0 amide bonds. The molecule has 0 aliphatic heterocycles. The van der Waals surface area contributed by atoms with Gasteiger partial charge in [-0.1, -0.05) is 12.1 Å². The summed E-state index contributed by atoms with van der Waals surface area (Å²) >= 11 is 0. The number of halogens is 3. The molecule has 3 aromatic rings. The maximum atomic E-state index is 12.5. The van der Waals surface area contributed by atoms with Crippen LogP contribution < -0.4 is 0 Å². The maximum Gasteiger partial charge on any atom is 0.416 e. The summed E-state index contributed by atoms with van der Waals surface area (Å²) in [5.41, 5.74) is 0.699. The van der Waals surface area contributed by atoms with Gasteiger partial charge in [-0.15, -0.1) is 10.2 Å². The minimum absolute atomic E-state index is 0.420. The number of nitriles is 1. The summed E-state index contributed by atoms with van der Waals surface area (Å²) in [5.74, 6) is 0.420. The van der Waals surface area contributed by atoms with E-state index in [0.29, 0.717) is 22.6 Å². The number of nitrogens with zero attached hydrogens (tertiary/aromatic N) is 4. The van der Waals surface area contributed by atoms with Crippen LogP contribution in [0.3, 0.4) is 0 Å². The van der Waals surface area contributed by atoms with Crippen LogP contribution in [0, 0.1) is 11.3 Å². The van der Waals surface area contributed by atoms with Crippen molar-refractivity contribution >= 4 is 5.65 Å². The number of pyridine rings is 1. The molecule has 0 radical (unpaired) electrons. The lowest BCUT2D eigenvalue weighted by atomic mass is 10.1. The zero-order chi connectivity index (χ0) is 15.0. The standard InChI is InChI=1S/C14H7F3N4/c15-14(16,17)11-3-1-10(2-4-11)13-20-19-12-7-9(8-18)5-6-21(12)13/h1-7H. The van der Waals surface area contributed by atoms with Crippen LogP contribution in [0.5, 0.6) is 0 Å². The Morgan fingerprint density at radius 1 is 1.05 bits per heavy atom. The van der Waals surface area contributed by atoms with Gasteiger partial charge in [-0.2, -0.15) is 18.4 Å². The van der Waals surface area contributed by atoms with Crippen molar-refractivity contribution in [2.75, 3.05) is 0 Å². The van der Waals surface area contributed by atoms with Gasteiger partial charge in [0.25, 0.3) is 0 Å². The molecule has 0 saturated heterocycles. The molecule has 0 atom stereocenters. The van der Waals surface area contributed by atoms with Crippen LogP contribution in [0.15, 0.2) is 42.6 Å². The summed E-state index contributed by atoms with van der Waals surface area (Å²) in [6.45, 7) is 0. The van der Waals surface area contributed by atoms with E-state index in [-0.39, 0.29) is 0 Å². The largest absolute Gasteiger partial charge is 0.416 e. The average Bonchev–Trinajstić information content (AvgIpc) is 2.89. The third-order valence-corrected chi connectivity index (χ3v) is 3.01. The second kappa shape index (κ2) is 4.59. The van der Waals surface area contributed by atoms with E-state index in [1.165, 1.54) is 12.1 Å². The Labute approximate surface area is 117 Å². The van der Waals surface area contributed by atoms with Gasteiger partial charge in [0.1, 0.15) is 0 Å². The van der Waals surface area contributed by atoms with Gasteiger partial charge in [-0.05, 0) is 18.2 Å². The highest BCUT2D eigenvalue weighted by molar-refractivity contribution is 5.60. The lowest BCUT2D eigenvalue weighted by Crippen LogP contribution is -2.04. The number of benzene rings is 1. The zero-order valence-corrected chi connectivity index (χ0v) is 10.5. The highest BCUT2D eigenvalue weighted by atomic mass is 19.4. The predicted molar refractivity (Wildman–Crippen MR) is 68.1 cm³/mol. The minimum Gasteiger partial charge on any atom is -0.282 e. The minimum atomic E-state index is -4.37. The van der Waals surface area contributed by atoms with Crippen molar-refractivity contribution in [1.29, 1.82) is 5.26 Å². The number of aromatic nitrogens is 3. The van der Waals surface area contributed by atoms with Crippen LogP contribution in [0.1, 0.15) is 11.1 Å². The molecule has 0 bridgehead atoms. The molecule has 21 heavy (non-hydrogen) atoms. The number of hydrogen-bond acceptors (Lipinski definition) is 3. The van der Waals surface area contributed by atoms with Gasteiger partial charge in [-0.25, -0.2) is 0 Å². The van der Waals surface area contributed by atoms with Crippen molar-refractivity contribution in [3.63, 3.8) is 0 Å². The first kappa shape index (κ1) is 13.1. The number of hydrogen-bond donors (Lipinski definition) is 0.